The highest BCUT2D eigenvalue weighted by Crippen LogP contribution is 2.33. The van der Waals surface area contributed by atoms with Gasteiger partial charge in [-0.25, -0.2) is 0 Å². The number of benzene rings is 1. The van der Waals surface area contributed by atoms with Gasteiger partial charge in [-0.15, -0.1) is 0 Å². The molecular weight excluding hydrogens is 408 g/mol. The largest absolute Gasteiger partial charge is 0.388 e. The minimum Gasteiger partial charge on any atom is -0.388 e. The highest BCUT2D eigenvalue weighted by Gasteiger charge is 2.37. The number of aromatic nitrogens is 5. The summed E-state index contributed by atoms with van der Waals surface area (Å²) >= 11 is 8.15. The third kappa shape index (κ3) is 4.04. The van der Waals surface area contributed by atoms with Crippen molar-refractivity contribution in [2.75, 3.05) is 5.75 Å². The summed E-state index contributed by atoms with van der Waals surface area (Å²) in [5.74, 6) is 1.55. The fourth-order valence-electron chi connectivity index (χ4n) is 3.34. The Labute approximate surface area is 179 Å². The number of halogens is 1. The maximum Gasteiger partial charge on any atom is 0.149 e. The van der Waals surface area contributed by atoms with Gasteiger partial charge < -0.3 is 4.84 Å². The minimum atomic E-state index is -0.380. The van der Waals surface area contributed by atoms with Gasteiger partial charge in [-0.3, -0.25) is 4.68 Å². The summed E-state index contributed by atoms with van der Waals surface area (Å²) in [4.78, 5) is 7.49. The molecule has 0 amide bonds. The van der Waals surface area contributed by atoms with Crippen LogP contribution in [-0.4, -0.2) is 41.8 Å². The van der Waals surface area contributed by atoms with E-state index >= 15 is 0 Å². The highest BCUT2D eigenvalue weighted by atomic mass is 35.5. The van der Waals surface area contributed by atoms with E-state index in [9.17, 15) is 0 Å². The Morgan fingerprint density at radius 1 is 1.14 bits per heavy atom. The first-order chi connectivity index (χ1) is 13.9. The summed E-state index contributed by atoms with van der Waals surface area (Å²) in [5.41, 5.74) is 5.10. The van der Waals surface area contributed by atoms with Crippen LogP contribution in [0.3, 0.4) is 0 Å². The second kappa shape index (κ2) is 7.84. The summed E-state index contributed by atoms with van der Waals surface area (Å²) in [5, 5.41) is 18.5. The van der Waals surface area contributed by atoms with E-state index < -0.39 is 0 Å². The maximum atomic E-state index is 6.38. The van der Waals surface area contributed by atoms with Gasteiger partial charge in [0.05, 0.1) is 34.0 Å². The third-order valence-electron chi connectivity index (χ3n) is 4.87. The average Bonchev–Trinajstić information content (AvgIpc) is 3.33. The Hall–Kier alpha value is -2.32. The molecule has 29 heavy (non-hydrogen) atoms. The number of hydrogen-bond donors (Lipinski definition) is 0. The highest BCUT2D eigenvalue weighted by molar-refractivity contribution is 7.98. The molecule has 0 saturated heterocycles. The third-order valence-corrected chi connectivity index (χ3v) is 6.60. The molecule has 3 aromatic rings. The van der Waals surface area contributed by atoms with E-state index in [4.69, 9.17) is 16.4 Å². The van der Waals surface area contributed by atoms with Crippen molar-refractivity contribution >= 4 is 29.1 Å². The van der Waals surface area contributed by atoms with Crippen molar-refractivity contribution in [3.05, 3.63) is 58.1 Å². The Morgan fingerprint density at radius 2 is 1.90 bits per heavy atom. The molecule has 0 saturated carbocycles. The fraction of sp³-hybridized carbons (Fsp3) is 0.400. The van der Waals surface area contributed by atoms with Crippen LogP contribution in [-0.2, 0) is 17.6 Å². The van der Waals surface area contributed by atoms with Crippen LogP contribution in [0.4, 0.5) is 0 Å². The van der Waals surface area contributed by atoms with Gasteiger partial charge in [0, 0.05) is 25.0 Å². The zero-order chi connectivity index (χ0) is 20.6. The molecule has 0 aliphatic carbocycles. The molecule has 1 aromatic carbocycles. The van der Waals surface area contributed by atoms with E-state index in [0.29, 0.717) is 11.6 Å². The van der Waals surface area contributed by atoms with E-state index in [1.165, 1.54) is 0 Å². The number of rotatable bonds is 6. The lowest BCUT2D eigenvalue weighted by Crippen LogP contribution is -2.28. The molecule has 2 aromatic heterocycles. The van der Waals surface area contributed by atoms with Crippen LogP contribution >= 0.6 is 23.4 Å². The summed E-state index contributed by atoms with van der Waals surface area (Å²) in [6.07, 6.45) is 0.696. The first-order valence-electron chi connectivity index (χ1n) is 9.37. The Morgan fingerprint density at radius 3 is 2.59 bits per heavy atom. The zero-order valence-corrected chi connectivity index (χ0v) is 18.5. The second-order valence-corrected chi connectivity index (χ2v) is 8.82. The van der Waals surface area contributed by atoms with Gasteiger partial charge in [0.1, 0.15) is 10.8 Å². The number of nitrogens with zero attached hydrogens (tertiary/aromatic N) is 6. The summed E-state index contributed by atoms with van der Waals surface area (Å²) in [7, 11) is 1.83. The molecule has 4 rings (SSSR count). The van der Waals surface area contributed by atoms with Gasteiger partial charge >= 0.3 is 0 Å². The first-order valence-corrected chi connectivity index (χ1v) is 10.9. The van der Waals surface area contributed by atoms with Gasteiger partial charge in [0.15, 0.2) is 0 Å². The van der Waals surface area contributed by atoms with Crippen molar-refractivity contribution in [3.8, 4) is 5.69 Å². The van der Waals surface area contributed by atoms with Crippen molar-refractivity contribution in [3.63, 3.8) is 0 Å². The molecule has 0 N–H and O–H groups in total. The van der Waals surface area contributed by atoms with Crippen molar-refractivity contribution in [1.82, 2.24) is 24.8 Å². The van der Waals surface area contributed by atoms with Crippen LogP contribution in [0.15, 0.2) is 35.5 Å². The number of hydrogen-bond acceptors (Lipinski definition) is 6. The standard InChI is InChI=1S/C20H23ClN6OS/c1-13-17(24-27(23-13)15-8-6-5-7-9-15)11-29-12-20(3)10-16(25-28-20)18-14(2)22-26(4)19(18)21/h5-9H,10-12H2,1-4H3. The molecule has 1 aliphatic heterocycles. The molecule has 0 radical (unpaired) electrons. The molecule has 152 valence electrons. The summed E-state index contributed by atoms with van der Waals surface area (Å²) < 4.78 is 1.66. The summed E-state index contributed by atoms with van der Waals surface area (Å²) in [6, 6.07) is 9.93. The minimum absolute atomic E-state index is 0.380. The quantitative estimate of drug-likeness (QED) is 0.589. The molecule has 1 atom stereocenters. The number of thioether (sulfide) groups is 1. The maximum absolute atomic E-state index is 6.38. The monoisotopic (exact) mass is 430 g/mol. The van der Waals surface area contributed by atoms with Crippen molar-refractivity contribution in [2.45, 2.75) is 38.5 Å². The molecule has 1 aliphatic rings. The van der Waals surface area contributed by atoms with Crippen molar-refractivity contribution in [1.29, 1.82) is 0 Å². The molecule has 0 fully saturated rings. The first kappa shape index (κ1) is 20.0. The van der Waals surface area contributed by atoms with E-state index in [0.717, 1.165) is 45.6 Å². The van der Waals surface area contributed by atoms with Crippen LogP contribution in [0.5, 0.6) is 0 Å². The van der Waals surface area contributed by atoms with Crippen LogP contribution in [0.25, 0.3) is 5.69 Å². The smallest absolute Gasteiger partial charge is 0.149 e. The van der Waals surface area contributed by atoms with E-state index in [1.807, 2.05) is 51.2 Å². The SMILES string of the molecule is Cc1nn(-c2ccccc2)nc1CSCC1(C)CC(c2c(C)nn(C)c2Cl)=NO1. The van der Waals surface area contributed by atoms with Gasteiger partial charge in [-0.2, -0.15) is 31.9 Å². The number of para-hydroxylation sites is 1. The Balaban J connectivity index is 1.38. The van der Waals surface area contributed by atoms with Crippen molar-refractivity contribution in [2.24, 2.45) is 12.2 Å². The Bertz CT molecular complexity index is 1060. The molecule has 0 spiro atoms. The molecular formula is C20H23ClN6OS. The van der Waals surface area contributed by atoms with Crippen LogP contribution < -0.4 is 0 Å². The summed E-state index contributed by atoms with van der Waals surface area (Å²) in [6.45, 7) is 6.00. The predicted octanol–water partition coefficient (Wildman–Crippen LogP) is 4.09. The van der Waals surface area contributed by atoms with Gasteiger partial charge in [-0.1, -0.05) is 35.0 Å². The van der Waals surface area contributed by atoms with Gasteiger partial charge in [0.25, 0.3) is 0 Å². The molecule has 9 heteroatoms. The second-order valence-electron chi connectivity index (χ2n) is 7.48. The predicted molar refractivity (Wildman–Crippen MR) is 116 cm³/mol. The molecule has 0 bridgehead atoms. The van der Waals surface area contributed by atoms with E-state index in [2.05, 4.69) is 27.4 Å². The molecule has 1 unspecified atom stereocenters. The van der Waals surface area contributed by atoms with Crippen LogP contribution in [0, 0.1) is 13.8 Å². The number of aryl methyl sites for hydroxylation is 3. The van der Waals surface area contributed by atoms with E-state index in [-0.39, 0.29) is 5.60 Å². The number of oxime groups is 1. The topological polar surface area (TPSA) is 70.1 Å². The van der Waals surface area contributed by atoms with Gasteiger partial charge in [-0.05, 0) is 32.9 Å². The lowest BCUT2D eigenvalue weighted by molar-refractivity contribution is 0.0163. The van der Waals surface area contributed by atoms with Crippen molar-refractivity contribution < 1.29 is 4.84 Å². The lowest BCUT2D eigenvalue weighted by Gasteiger charge is -2.20. The lowest BCUT2D eigenvalue weighted by atomic mass is 9.98. The van der Waals surface area contributed by atoms with Crippen LogP contribution in [0.2, 0.25) is 5.15 Å². The molecule has 3 heterocycles. The zero-order valence-electron chi connectivity index (χ0n) is 16.9. The van der Waals surface area contributed by atoms with Crippen LogP contribution in [0.1, 0.15) is 36.0 Å². The Kier molecular flexibility index (Phi) is 5.40. The van der Waals surface area contributed by atoms with Gasteiger partial charge in [0.2, 0.25) is 0 Å². The average molecular weight is 431 g/mol. The fourth-order valence-corrected chi connectivity index (χ4v) is 4.77. The van der Waals surface area contributed by atoms with E-state index in [1.54, 1.807) is 21.2 Å². The molecule has 7 nitrogen and oxygen atoms in total. The normalized spacial score (nSPS) is 18.7.